The number of unbranched alkanes of at least 4 members (excludes halogenated alkanes) is 1. The van der Waals surface area contributed by atoms with E-state index >= 15 is 0 Å². The SMILES string of the molecule is CCCCS(=O)(=O)N1CC(CC#N)(n2cc(-c3ccnc4[nH]ccc34)cn2)C1.CCCS(=O)(=O)N1CC(CC#N)(n2cc(-c3ccnc4[nH]ccc34)cn2)C1.N#CCC1(n2cc(-c3ccnc4[nH]ccc34)cn2)CN(C(=O)c2ccccc2)C1.N#CCC1(n2cc(-c3ccnc4[nH]ccc34)cn2)CN(S(=O)(=O)c2ccccc2)C1. The molecule has 16 heterocycles. The van der Waals surface area contributed by atoms with Gasteiger partial charge in [-0.15, -0.1) is 0 Å². The molecule has 4 aliphatic heterocycles. The van der Waals surface area contributed by atoms with Gasteiger partial charge in [-0.05, 0) is 108 Å². The lowest BCUT2D eigenvalue weighted by molar-refractivity contribution is 0.00858. The third-order valence-electron chi connectivity index (χ3n) is 21.5. The van der Waals surface area contributed by atoms with Gasteiger partial charge in [-0.1, -0.05) is 56.7 Å². The summed E-state index contributed by atoms with van der Waals surface area (Å²) in [6.45, 7) is 6.26. The quantitative estimate of drug-likeness (QED) is 0.0490. The Labute approximate surface area is 656 Å². The number of H-pyrrole nitrogens is 4. The number of sulfonamides is 3. The van der Waals surface area contributed by atoms with Crippen LogP contribution in [0.2, 0.25) is 0 Å². The van der Waals surface area contributed by atoms with Crippen LogP contribution in [0, 0.1) is 45.3 Å². The average molecular weight is 1580 g/mol. The molecular weight excluding hydrogens is 1510 g/mol. The number of fused-ring (bicyclic) bond motifs is 4. The summed E-state index contributed by atoms with van der Waals surface area (Å²) in [5.74, 6) is 0.260. The number of pyridine rings is 4. The number of nitrogens with zero attached hydrogens (tertiary/aromatic N) is 20. The zero-order valence-corrected chi connectivity index (χ0v) is 64.6. The number of nitriles is 4. The van der Waals surface area contributed by atoms with Crippen molar-refractivity contribution >= 4 is 80.1 Å². The van der Waals surface area contributed by atoms with Crippen molar-refractivity contribution in [1.82, 2.24) is 96.8 Å². The molecule has 0 unspecified atom stereocenters. The Morgan fingerprint density at radius 3 is 1.04 bits per heavy atom. The predicted molar refractivity (Wildman–Crippen MR) is 426 cm³/mol. The minimum atomic E-state index is -3.60. The Balaban J connectivity index is 0.000000120. The number of amides is 1. The maximum Gasteiger partial charge on any atom is 0.254 e. The first-order valence-electron chi connectivity index (χ1n) is 37.0. The van der Waals surface area contributed by atoms with Crippen LogP contribution in [0.1, 0.15) is 69.2 Å². The highest BCUT2D eigenvalue weighted by Gasteiger charge is 2.53. The molecule has 0 aliphatic carbocycles. The molecule has 0 saturated carbocycles. The van der Waals surface area contributed by atoms with E-state index in [-0.39, 0.29) is 80.8 Å². The topological polar surface area (TPSA) is 414 Å². The molecule has 18 rings (SSSR count). The summed E-state index contributed by atoms with van der Waals surface area (Å²) in [5, 5.41) is 59.4. The summed E-state index contributed by atoms with van der Waals surface area (Å²) < 4.78 is 86.6. The van der Waals surface area contributed by atoms with Crippen LogP contribution in [0.5, 0.6) is 0 Å². The molecule has 4 fully saturated rings. The minimum absolute atomic E-state index is 0.0188. The van der Waals surface area contributed by atoms with Crippen molar-refractivity contribution < 1.29 is 30.0 Å². The number of hydrogen-bond acceptors (Lipinski definition) is 19. The van der Waals surface area contributed by atoms with Gasteiger partial charge in [-0.3, -0.25) is 23.5 Å². The van der Waals surface area contributed by atoms with E-state index < -0.39 is 52.2 Å². The van der Waals surface area contributed by atoms with Gasteiger partial charge >= 0.3 is 0 Å². The molecule has 31 nitrogen and oxygen atoms in total. The van der Waals surface area contributed by atoms with Crippen LogP contribution in [-0.2, 0) is 52.2 Å². The van der Waals surface area contributed by atoms with Gasteiger partial charge in [0.05, 0.1) is 91.1 Å². The van der Waals surface area contributed by atoms with E-state index in [9.17, 15) is 51.1 Å². The Bertz CT molecular complexity index is 6380. The van der Waals surface area contributed by atoms with Crippen LogP contribution in [0.4, 0.5) is 0 Å². The van der Waals surface area contributed by atoms with Crippen molar-refractivity contribution in [3.8, 4) is 68.8 Å². The minimum Gasteiger partial charge on any atom is -0.346 e. The first-order chi connectivity index (χ1) is 55.2. The normalized spacial score (nSPS) is 16.2. The fraction of sp³-hybridized carbons (Fsp3) is 0.287. The Kier molecular flexibility index (Phi) is 21.1. The number of hydrogen-bond donors (Lipinski definition) is 4. The molecule has 4 aliphatic rings. The molecule has 1 amide bonds. The predicted octanol–water partition coefficient (Wildman–Crippen LogP) is 10.5. The standard InChI is InChI=1S/C22H18N6O.C21H18N6O2S.C19H22N6O2S.C18H20N6O2S/c23-9-8-22(14-27(15-22)21(29)16-4-2-1-3-5-16)28-13-17(12-26-28)18-6-10-24-20-19(18)7-11-25-20;22-9-8-21(14-26(15-21)30(28,29)17-4-2-1-3-5-17)27-13-16(12-25-27)18-6-10-23-20-19(18)7-11-24-20;1-2-3-10-28(26,27)24-13-19(14-24,6-7-20)25-12-15(11-23-25)16-4-8-21-18-17(16)5-9-22-18;1-2-9-27(25,26)23-12-18(13-23,5-6-19)24-11-14(10-22-24)15-3-7-20-17-16(15)4-8-21-17/h1-7,10-13H,8,14-15H2,(H,24,25);1-7,10-13H,8,14-15H2,(H,23,24);4-5,8-9,11-12H,2-3,6,10,13-14H2,1H3,(H,21,22);3-4,7-8,10-11H,2,5,9,12-13H2,1H3,(H,20,21). The van der Waals surface area contributed by atoms with Gasteiger partial charge in [0.15, 0.2) is 0 Å². The summed E-state index contributed by atoms with van der Waals surface area (Å²) >= 11 is 0. The van der Waals surface area contributed by atoms with Gasteiger partial charge in [-0.25, -0.2) is 45.2 Å². The van der Waals surface area contributed by atoms with Crippen LogP contribution >= 0.6 is 0 Å². The van der Waals surface area contributed by atoms with Crippen molar-refractivity contribution in [2.75, 3.05) is 63.9 Å². The summed E-state index contributed by atoms with van der Waals surface area (Å²) in [7, 11) is -10.1. The van der Waals surface area contributed by atoms with E-state index in [4.69, 9.17) is 0 Å². The molecule has 578 valence electrons. The number of rotatable bonds is 22. The van der Waals surface area contributed by atoms with Gasteiger partial charge in [0, 0.05) is 176 Å². The van der Waals surface area contributed by atoms with Gasteiger partial charge in [0.2, 0.25) is 30.1 Å². The zero-order chi connectivity index (χ0) is 79.5. The lowest BCUT2D eigenvalue weighted by Gasteiger charge is -2.49. The summed E-state index contributed by atoms with van der Waals surface area (Å²) in [6, 6.07) is 42.0. The fourth-order valence-electron chi connectivity index (χ4n) is 15.2. The zero-order valence-electron chi connectivity index (χ0n) is 62.2. The van der Waals surface area contributed by atoms with Gasteiger partial charge in [0.25, 0.3) is 5.91 Å². The molecule has 4 saturated heterocycles. The van der Waals surface area contributed by atoms with Gasteiger partial charge in [0.1, 0.15) is 44.7 Å². The van der Waals surface area contributed by atoms with Crippen molar-refractivity contribution in [3.63, 3.8) is 0 Å². The largest absolute Gasteiger partial charge is 0.346 e. The lowest BCUT2D eigenvalue weighted by Crippen LogP contribution is -2.64. The Hall–Kier alpha value is -12.8. The molecule has 2 aromatic carbocycles. The Morgan fingerprint density at radius 1 is 0.404 bits per heavy atom. The molecule has 4 N–H and O–H groups in total. The van der Waals surface area contributed by atoms with E-state index in [1.165, 1.54) is 12.9 Å². The number of carbonyl (C=O) groups is 1. The number of likely N-dealkylation sites (tertiary alicyclic amines) is 1. The van der Waals surface area contributed by atoms with Crippen LogP contribution in [-0.4, -0.2) is 192 Å². The van der Waals surface area contributed by atoms with E-state index in [0.29, 0.717) is 37.9 Å². The average Bonchev–Trinajstić information content (AvgIpc) is 1.22. The molecule has 0 bridgehead atoms. The van der Waals surface area contributed by atoms with Crippen molar-refractivity contribution in [2.24, 2.45) is 0 Å². The highest BCUT2D eigenvalue weighted by molar-refractivity contribution is 7.89. The second-order valence-electron chi connectivity index (χ2n) is 29.0. The molecular formula is C80H78N24O7S3. The van der Waals surface area contributed by atoms with E-state index in [1.807, 2.05) is 153 Å². The second-order valence-corrected chi connectivity index (χ2v) is 35.1. The molecule has 0 spiro atoms. The fourth-order valence-corrected chi connectivity index (χ4v) is 20.3. The monoisotopic (exact) mass is 1580 g/mol. The second kappa shape index (κ2) is 31.4. The first kappa shape index (κ1) is 76.6. The van der Waals surface area contributed by atoms with Crippen molar-refractivity contribution in [1.29, 1.82) is 21.0 Å². The first-order valence-corrected chi connectivity index (χ1v) is 41.6. The summed E-state index contributed by atoms with van der Waals surface area (Å²) in [4.78, 5) is 44.3. The third-order valence-corrected chi connectivity index (χ3v) is 27.1. The Morgan fingerprint density at radius 2 is 0.719 bits per heavy atom. The summed E-state index contributed by atoms with van der Waals surface area (Å²) in [6.07, 6.45) is 32.0. The molecule has 0 radical (unpaired) electrons. The number of benzene rings is 2. The molecule has 114 heavy (non-hydrogen) atoms. The molecule has 14 aromatic rings. The number of aromatic amines is 4. The van der Waals surface area contributed by atoms with Gasteiger partial charge in [-0.2, -0.15) is 54.4 Å². The maximum atomic E-state index is 12.9. The van der Waals surface area contributed by atoms with E-state index in [1.54, 1.807) is 92.7 Å². The van der Waals surface area contributed by atoms with Crippen molar-refractivity contribution in [3.05, 3.63) is 214 Å². The number of carbonyl (C=O) groups excluding carboxylic acids is 1. The van der Waals surface area contributed by atoms with E-state index in [2.05, 4.69) is 84.5 Å². The number of nitrogens with one attached hydrogen (secondary N) is 4. The molecule has 0 atom stereocenters. The van der Waals surface area contributed by atoms with Crippen LogP contribution in [0.15, 0.2) is 213 Å². The van der Waals surface area contributed by atoms with Crippen LogP contribution in [0.25, 0.3) is 88.6 Å². The van der Waals surface area contributed by atoms with Gasteiger partial charge < -0.3 is 24.8 Å². The van der Waals surface area contributed by atoms with E-state index in [0.717, 1.165) is 95.1 Å². The highest BCUT2D eigenvalue weighted by atomic mass is 32.2. The van der Waals surface area contributed by atoms with Crippen molar-refractivity contribution in [2.45, 2.75) is 85.8 Å². The smallest absolute Gasteiger partial charge is 0.254 e. The lowest BCUT2D eigenvalue weighted by atomic mass is 9.86. The third kappa shape index (κ3) is 14.6. The van der Waals surface area contributed by atoms with Crippen LogP contribution in [0.3, 0.4) is 0 Å². The van der Waals surface area contributed by atoms with Crippen LogP contribution < -0.4 is 0 Å². The molecule has 34 heteroatoms. The number of aromatic nitrogens is 16. The maximum absolute atomic E-state index is 12.9. The summed E-state index contributed by atoms with van der Waals surface area (Å²) in [5.41, 5.74) is 9.14. The highest BCUT2D eigenvalue weighted by Crippen LogP contribution is 2.42. The molecule has 12 aromatic heterocycles.